The van der Waals surface area contributed by atoms with E-state index in [-0.39, 0.29) is 43.1 Å². The number of rotatable bonds is 16. The maximum atomic E-state index is 14.0. The van der Waals surface area contributed by atoms with Crippen LogP contribution in [0.3, 0.4) is 0 Å². The van der Waals surface area contributed by atoms with E-state index in [0.717, 1.165) is 46.5 Å². The molecule has 0 bridgehead atoms. The Labute approximate surface area is 324 Å². The smallest absolute Gasteiger partial charge is 0.243 e. The molecule has 4 atom stereocenters. The number of nitrogens with zero attached hydrogens (tertiary/aromatic N) is 5. The van der Waals surface area contributed by atoms with Gasteiger partial charge in [-0.1, -0.05) is 61.8 Å². The summed E-state index contributed by atoms with van der Waals surface area (Å²) in [6, 6.07) is 17.2. The largest absolute Gasteiger partial charge is 0.507 e. The Kier molecular flexibility index (Phi) is 12.9. The monoisotopic (exact) mass is 767 g/mol. The van der Waals surface area contributed by atoms with Crippen molar-refractivity contribution in [3.63, 3.8) is 0 Å². The molecule has 1 saturated heterocycles. The number of phenolic OH excluding ortho intramolecular Hbond substituents is 1. The number of aromatic hydroxyl groups is 1. The van der Waals surface area contributed by atoms with E-state index in [1.165, 1.54) is 4.90 Å². The number of hydrogen-bond donors (Lipinski definition) is 4. The van der Waals surface area contributed by atoms with Crippen molar-refractivity contribution in [3.05, 3.63) is 94.4 Å². The fraction of sp³-hybridized carbons (Fsp3) is 0.415. The first-order valence-corrected chi connectivity index (χ1v) is 19.6. The van der Waals surface area contributed by atoms with E-state index in [9.17, 15) is 19.8 Å². The first kappa shape index (κ1) is 39.5. The van der Waals surface area contributed by atoms with Crippen molar-refractivity contribution in [1.82, 2.24) is 30.6 Å². The quantitative estimate of drug-likeness (QED) is 0.0843. The molecule has 55 heavy (non-hydrogen) atoms. The van der Waals surface area contributed by atoms with Gasteiger partial charge in [-0.15, -0.1) is 21.5 Å². The topological polar surface area (TPSA) is 190 Å². The molecule has 0 spiro atoms. The third kappa shape index (κ3) is 9.56. The van der Waals surface area contributed by atoms with Crippen molar-refractivity contribution in [1.29, 1.82) is 0 Å². The Morgan fingerprint density at radius 2 is 1.85 bits per heavy atom. The number of carbonyl (C=O) groups is 2. The molecule has 3 aromatic heterocycles. The number of hydrogen-bond acceptors (Lipinski definition) is 12. The van der Waals surface area contributed by atoms with Crippen LogP contribution in [0.4, 0.5) is 5.82 Å². The lowest BCUT2D eigenvalue weighted by atomic mass is 9.91. The van der Waals surface area contributed by atoms with E-state index in [4.69, 9.17) is 15.0 Å². The van der Waals surface area contributed by atoms with Gasteiger partial charge in [0.25, 0.3) is 0 Å². The Balaban J connectivity index is 1.10. The van der Waals surface area contributed by atoms with Crippen molar-refractivity contribution in [2.45, 2.75) is 83.9 Å². The highest BCUT2D eigenvalue weighted by atomic mass is 32.1. The number of likely N-dealkylation sites (tertiary alicyclic amines) is 1. The van der Waals surface area contributed by atoms with Crippen LogP contribution >= 0.6 is 11.3 Å². The number of β-amino-alcohol motifs (C(OH)–C–C–N with tert-alkyl or cyclic N) is 1. The second kappa shape index (κ2) is 18.0. The van der Waals surface area contributed by atoms with Crippen molar-refractivity contribution in [2.75, 3.05) is 25.5 Å². The molecule has 0 saturated carbocycles. The minimum absolute atomic E-state index is 0.0502. The van der Waals surface area contributed by atoms with E-state index >= 15 is 0 Å². The number of aliphatic hydroxyl groups excluding tert-OH is 1. The average Bonchev–Trinajstić information content (AvgIpc) is 3.91. The number of aliphatic hydroxyl groups is 1. The molecule has 1 aliphatic heterocycles. The normalized spacial score (nSPS) is 16.7. The number of benzene rings is 2. The number of nitrogens with two attached hydrogens (primary N) is 1. The van der Waals surface area contributed by atoms with Crippen LogP contribution in [-0.4, -0.2) is 79.2 Å². The van der Waals surface area contributed by atoms with Gasteiger partial charge in [-0.3, -0.25) is 9.59 Å². The maximum Gasteiger partial charge on any atom is 0.243 e. The SMILES string of the molecule is Cc1cc([C@@H](C(=O)N2C[C@H](O)C[C@H]2C(=O)N[C@@H](COCCCCCc2cc(-c3ccccc3O)nnc2N)c2ccc(-c3scnc3C)cc2)C(C)C)on1. The number of phenols is 1. The highest BCUT2D eigenvalue weighted by Crippen LogP contribution is 2.33. The van der Waals surface area contributed by atoms with Gasteiger partial charge >= 0.3 is 0 Å². The van der Waals surface area contributed by atoms with E-state index in [0.29, 0.717) is 41.6 Å². The molecule has 2 aromatic carbocycles. The number of carbonyl (C=O) groups excluding carboxylic acids is 2. The molecule has 1 fully saturated rings. The fourth-order valence-corrected chi connectivity index (χ4v) is 7.86. The van der Waals surface area contributed by atoms with Gasteiger partial charge in [0.05, 0.1) is 46.2 Å². The molecular weight excluding hydrogens is 719 g/mol. The third-order valence-electron chi connectivity index (χ3n) is 9.99. The second-order valence-corrected chi connectivity index (χ2v) is 15.3. The van der Waals surface area contributed by atoms with Crippen LogP contribution < -0.4 is 11.1 Å². The van der Waals surface area contributed by atoms with Gasteiger partial charge in [0.2, 0.25) is 11.8 Å². The number of nitrogen functional groups attached to an aromatic ring is 1. The summed E-state index contributed by atoms with van der Waals surface area (Å²) in [5.41, 5.74) is 13.5. The predicted octanol–water partition coefficient (Wildman–Crippen LogP) is 6.15. The zero-order valence-corrected chi connectivity index (χ0v) is 32.5. The minimum Gasteiger partial charge on any atom is -0.507 e. The van der Waals surface area contributed by atoms with Gasteiger partial charge in [-0.05, 0) is 73.9 Å². The Morgan fingerprint density at radius 1 is 1.07 bits per heavy atom. The lowest BCUT2D eigenvalue weighted by molar-refractivity contribution is -0.141. The lowest BCUT2D eigenvalue weighted by Crippen LogP contribution is -2.49. The number of aryl methyl sites for hydroxylation is 3. The molecule has 14 heteroatoms. The number of para-hydroxylation sites is 1. The van der Waals surface area contributed by atoms with Gasteiger partial charge < -0.3 is 35.4 Å². The Bertz CT molecular complexity index is 2070. The summed E-state index contributed by atoms with van der Waals surface area (Å²) in [6.45, 7) is 8.35. The number of amides is 2. The van der Waals surface area contributed by atoms with E-state index in [1.807, 2.05) is 62.7 Å². The van der Waals surface area contributed by atoms with Crippen LogP contribution in [0.15, 0.2) is 70.7 Å². The van der Waals surface area contributed by atoms with Gasteiger partial charge in [0, 0.05) is 31.2 Å². The molecular formula is C41H49N7O6S. The minimum atomic E-state index is -0.865. The summed E-state index contributed by atoms with van der Waals surface area (Å²) in [5.74, 6) is -0.457. The molecule has 6 rings (SSSR count). The van der Waals surface area contributed by atoms with Crippen LogP contribution in [0.1, 0.15) is 79.8 Å². The first-order valence-electron chi connectivity index (χ1n) is 18.7. The zero-order valence-electron chi connectivity index (χ0n) is 31.6. The molecule has 5 aromatic rings. The molecule has 13 nitrogen and oxygen atoms in total. The van der Waals surface area contributed by atoms with Crippen LogP contribution in [-0.2, 0) is 20.7 Å². The van der Waals surface area contributed by atoms with Crippen molar-refractivity contribution < 1.29 is 29.1 Å². The number of ether oxygens (including phenoxy) is 1. The molecule has 0 unspecified atom stereocenters. The zero-order chi connectivity index (χ0) is 39.1. The second-order valence-electron chi connectivity index (χ2n) is 14.5. The summed E-state index contributed by atoms with van der Waals surface area (Å²) in [7, 11) is 0. The maximum absolute atomic E-state index is 14.0. The summed E-state index contributed by atoms with van der Waals surface area (Å²) < 4.78 is 11.7. The van der Waals surface area contributed by atoms with E-state index < -0.39 is 24.1 Å². The summed E-state index contributed by atoms with van der Waals surface area (Å²) in [5, 5.41) is 36.4. The Morgan fingerprint density at radius 3 is 2.55 bits per heavy atom. The lowest BCUT2D eigenvalue weighted by Gasteiger charge is -2.30. The number of aromatic nitrogens is 4. The summed E-state index contributed by atoms with van der Waals surface area (Å²) in [6.07, 6.45) is 2.48. The number of unbranched alkanes of at least 4 members (excludes halogenated alkanes) is 2. The van der Waals surface area contributed by atoms with Crippen molar-refractivity contribution >= 4 is 29.0 Å². The van der Waals surface area contributed by atoms with Gasteiger partial charge in [-0.25, -0.2) is 4.98 Å². The third-order valence-corrected chi connectivity index (χ3v) is 11.0. The number of nitrogens with one attached hydrogen (secondary N) is 1. The van der Waals surface area contributed by atoms with Crippen molar-refractivity contribution in [2.24, 2.45) is 5.92 Å². The predicted molar refractivity (Wildman–Crippen MR) is 210 cm³/mol. The van der Waals surface area contributed by atoms with Gasteiger partial charge in [0.15, 0.2) is 0 Å². The number of anilines is 1. The molecule has 290 valence electrons. The van der Waals surface area contributed by atoms with Crippen LogP contribution in [0.2, 0.25) is 0 Å². The van der Waals surface area contributed by atoms with E-state index in [1.54, 1.807) is 42.5 Å². The first-order chi connectivity index (χ1) is 26.5. The summed E-state index contributed by atoms with van der Waals surface area (Å²) >= 11 is 1.57. The summed E-state index contributed by atoms with van der Waals surface area (Å²) in [4.78, 5) is 35.0. The molecule has 5 N–H and O–H groups in total. The molecule has 1 aliphatic rings. The van der Waals surface area contributed by atoms with Crippen molar-refractivity contribution in [3.8, 4) is 27.4 Å². The Hall–Kier alpha value is -5.18. The molecule has 2 amide bonds. The van der Waals surface area contributed by atoms with Crippen LogP contribution in [0, 0.1) is 19.8 Å². The molecule has 4 heterocycles. The molecule has 0 radical (unpaired) electrons. The molecule has 0 aliphatic carbocycles. The average molecular weight is 768 g/mol. The van der Waals surface area contributed by atoms with E-state index in [2.05, 4.69) is 25.7 Å². The highest BCUT2D eigenvalue weighted by Gasteiger charge is 2.43. The van der Waals surface area contributed by atoms with Crippen LogP contribution in [0.5, 0.6) is 5.75 Å². The van der Waals surface area contributed by atoms with Gasteiger partial charge in [0.1, 0.15) is 29.3 Å². The highest BCUT2D eigenvalue weighted by molar-refractivity contribution is 7.13. The standard InChI is InChI=1S/C41H49N7O6S/c1-24(2)37(36-18-25(3)47-54-36)41(52)48-21-30(49)20-34(48)40(51)44-33(27-13-15-28(16-14-27)38-26(4)43-23-55-38)22-53-17-9-5-6-10-29-19-32(45-46-39(29)42)31-11-7-8-12-35(31)50/h7-8,11-16,18-19,23-24,30,33-34,37,49-50H,5-6,9-10,17,20-22H2,1-4H3,(H2,42,46)(H,44,51)/t30-,33+,34+,37+/m1/s1. The fourth-order valence-electron chi connectivity index (χ4n) is 7.04. The van der Waals surface area contributed by atoms with Gasteiger partial charge in [-0.2, -0.15) is 0 Å². The van der Waals surface area contributed by atoms with Crippen LogP contribution in [0.25, 0.3) is 21.7 Å². The number of thiazole rings is 1.